The summed E-state index contributed by atoms with van der Waals surface area (Å²) in [4.78, 5) is 52.2. The SMILES string of the molecule is CNC(=O)c1cccc(C2=C(C(=O)OCOC(=O)C(C)(C)C)N3C(=O)[C@H]([C@@H](C)O[Si](C)(C)C)[C@H]3C2)c1. The van der Waals surface area contributed by atoms with Crippen LogP contribution in [-0.2, 0) is 28.3 Å². The van der Waals surface area contributed by atoms with E-state index in [4.69, 9.17) is 13.9 Å². The van der Waals surface area contributed by atoms with Crippen molar-refractivity contribution in [2.75, 3.05) is 13.8 Å². The number of nitrogens with one attached hydrogen (secondary N) is 1. The zero-order valence-corrected chi connectivity index (χ0v) is 23.3. The first-order chi connectivity index (χ1) is 16.7. The first kappa shape index (κ1) is 27.6. The van der Waals surface area contributed by atoms with E-state index in [9.17, 15) is 19.2 Å². The summed E-state index contributed by atoms with van der Waals surface area (Å²) in [5, 5.41) is 2.59. The molecule has 0 aliphatic carbocycles. The van der Waals surface area contributed by atoms with Crippen molar-refractivity contribution in [1.82, 2.24) is 10.2 Å². The number of carbonyl (C=O) groups is 4. The Morgan fingerprint density at radius 1 is 1.17 bits per heavy atom. The van der Waals surface area contributed by atoms with Crippen LogP contribution < -0.4 is 5.32 Å². The molecule has 3 atom stereocenters. The number of hydrogen-bond donors (Lipinski definition) is 1. The first-order valence-corrected chi connectivity index (χ1v) is 15.5. The average Bonchev–Trinajstić information content (AvgIpc) is 3.11. The minimum Gasteiger partial charge on any atom is -0.427 e. The van der Waals surface area contributed by atoms with Gasteiger partial charge < -0.3 is 24.1 Å². The van der Waals surface area contributed by atoms with Gasteiger partial charge in [-0.2, -0.15) is 0 Å². The third-order valence-electron chi connectivity index (χ3n) is 6.14. The number of carbonyl (C=O) groups excluding carboxylic acids is 4. The van der Waals surface area contributed by atoms with Gasteiger partial charge in [0.1, 0.15) is 5.70 Å². The topological polar surface area (TPSA) is 111 Å². The maximum atomic E-state index is 13.3. The van der Waals surface area contributed by atoms with Gasteiger partial charge in [0, 0.05) is 12.6 Å². The van der Waals surface area contributed by atoms with Crippen LogP contribution >= 0.6 is 0 Å². The molecule has 2 aliphatic heterocycles. The average molecular weight is 517 g/mol. The van der Waals surface area contributed by atoms with E-state index in [1.165, 1.54) is 4.90 Å². The number of hydrogen-bond acceptors (Lipinski definition) is 7. The third kappa shape index (κ3) is 5.70. The maximum absolute atomic E-state index is 13.3. The minimum absolute atomic E-state index is 0.113. The second-order valence-electron chi connectivity index (χ2n) is 11.2. The first-order valence-electron chi connectivity index (χ1n) is 12.1. The monoisotopic (exact) mass is 516 g/mol. The molecular weight excluding hydrogens is 480 g/mol. The van der Waals surface area contributed by atoms with Gasteiger partial charge in [-0.25, -0.2) is 4.79 Å². The van der Waals surface area contributed by atoms with Crippen LogP contribution in [0.25, 0.3) is 5.57 Å². The van der Waals surface area contributed by atoms with Crippen LogP contribution in [0.2, 0.25) is 19.6 Å². The van der Waals surface area contributed by atoms with Gasteiger partial charge in [-0.1, -0.05) is 12.1 Å². The highest BCUT2D eigenvalue weighted by Crippen LogP contribution is 2.48. The number of nitrogens with zero attached hydrogens (tertiary/aromatic N) is 1. The second kappa shape index (κ2) is 10.2. The lowest BCUT2D eigenvalue weighted by Gasteiger charge is -2.47. The van der Waals surface area contributed by atoms with Crippen molar-refractivity contribution >= 4 is 37.6 Å². The van der Waals surface area contributed by atoms with E-state index in [0.717, 1.165) is 0 Å². The van der Waals surface area contributed by atoms with Crippen molar-refractivity contribution < 1.29 is 33.1 Å². The van der Waals surface area contributed by atoms with Crippen molar-refractivity contribution in [1.29, 1.82) is 0 Å². The third-order valence-corrected chi connectivity index (χ3v) is 7.22. The van der Waals surface area contributed by atoms with Gasteiger partial charge >= 0.3 is 11.9 Å². The van der Waals surface area contributed by atoms with Crippen LogP contribution in [0, 0.1) is 11.3 Å². The lowest BCUT2D eigenvalue weighted by Crippen LogP contribution is -2.63. The van der Waals surface area contributed by atoms with E-state index in [2.05, 4.69) is 25.0 Å². The number of ether oxygens (including phenoxy) is 2. The largest absolute Gasteiger partial charge is 0.427 e. The molecule has 1 N–H and O–H groups in total. The molecule has 1 fully saturated rings. The van der Waals surface area contributed by atoms with E-state index < -0.39 is 38.4 Å². The Balaban J connectivity index is 1.91. The zero-order valence-electron chi connectivity index (χ0n) is 22.3. The molecule has 0 bridgehead atoms. The summed E-state index contributed by atoms with van der Waals surface area (Å²) < 4.78 is 16.6. The van der Waals surface area contributed by atoms with Crippen LogP contribution in [0.4, 0.5) is 0 Å². The number of fused-ring (bicyclic) bond motifs is 1. The maximum Gasteiger partial charge on any atom is 0.358 e. The van der Waals surface area contributed by atoms with Crippen LogP contribution in [0.3, 0.4) is 0 Å². The molecule has 10 heteroatoms. The number of rotatable bonds is 8. The minimum atomic E-state index is -1.90. The molecule has 2 amide bonds. The van der Waals surface area contributed by atoms with Gasteiger partial charge in [0.05, 0.1) is 23.5 Å². The highest BCUT2D eigenvalue weighted by Gasteiger charge is 2.57. The number of amides is 2. The van der Waals surface area contributed by atoms with Crippen LogP contribution in [0.1, 0.15) is 50.0 Å². The van der Waals surface area contributed by atoms with E-state index >= 15 is 0 Å². The fraction of sp³-hybridized carbons (Fsp3) is 0.538. The van der Waals surface area contributed by atoms with Crippen molar-refractivity contribution in [2.24, 2.45) is 11.3 Å². The van der Waals surface area contributed by atoms with Gasteiger partial charge in [0.25, 0.3) is 5.91 Å². The smallest absolute Gasteiger partial charge is 0.358 e. The van der Waals surface area contributed by atoms with Gasteiger partial charge in [-0.3, -0.25) is 14.4 Å². The fourth-order valence-electron chi connectivity index (χ4n) is 4.55. The highest BCUT2D eigenvalue weighted by molar-refractivity contribution is 6.69. The number of β-lactam (4-membered cyclic amide) rings is 1. The summed E-state index contributed by atoms with van der Waals surface area (Å²) in [5.74, 6) is -2.13. The zero-order chi connectivity index (χ0) is 27.0. The summed E-state index contributed by atoms with van der Waals surface area (Å²) in [6.45, 7) is 12.6. The van der Waals surface area contributed by atoms with Crippen LogP contribution in [0.5, 0.6) is 0 Å². The van der Waals surface area contributed by atoms with Crippen molar-refractivity contribution in [3.63, 3.8) is 0 Å². The van der Waals surface area contributed by atoms with E-state index in [-0.39, 0.29) is 29.7 Å². The summed E-state index contributed by atoms with van der Waals surface area (Å²) >= 11 is 0. The summed E-state index contributed by atoms with van der Waals surface area (Å²) in [6, 6.07) is 6.62. The van der Waals surface area contributed by atoms with Gasteiger partial charge in [-0.05, 0) is 77.0 Å². The summed E-state index contributed by atoms with van der Waals surface area (Å²) in [6.07, 6.45) is 0.117. The molecule has 9 nitrogen and oxygen atoms in total. The molecule has 1 aromatic rings. The van der Waals surface area contributed by atoms with Gasteiger partial charge in [0.15, 0.2) is 8.32 Å². The summed E-state index contributed by atoms with van der Waals surface area (Å²) in [5.41, 5.74) is 1.05. The molecule has 36 heavy (non-hydrogen) atoms. The van der Waals surface area contributed by atoms with Gasteiger partial charge in [0.2, 0.25) is 12.7 Å². The Bertz CT molecular complexity index is 1100. The fourth-order valence-corrected chi connectivity index (χ4v) is 5.81. The Labute approximate surface area is 213 Å². The normalized spacial score (nSPS) is 20.4. The molecule has 3 rings (SSSR count). The molecule has 0 saturated carbocycles. The second-order valence-corrected chi connectivity index (χ2v) is 15.6. The van der Waals surface area contributed by atoms with Crippen molar-refractivity contribution in [3.05, 3.63) is 41.1 Å². The van der Waals surface area contributed by atoms with Crippen molar-refractivity contribution in [3.8, 4) is 0 Å². The number of esters is 2. The lowest BCUT2D eigenvalue weighted by molar-refractivity contribution is -0.175. The molecule has 1 saturated heterocycles. The van der Waals surface area contributed by atoms with E-state index in [0.29, 0.717) is 23.1 Å². The predicted octanol–water partition coefficient (Wildman–Crippen LogP) is 3.32. The predicted molar refractivity (Wildman–Crippen MR) is 136 cm³/mol. The molecule has 0 unspecified atom stereocenters. The Kier molecular flexibility index (Phi) is 7.80. The summed E-state index contributed by atoms with van der Waals surface area (Å²) in [7, 11) is -0.354. The van der Waals surface area contributed by atoms with Gasteiger partial charge in [-0.15, -0.1) is 0 Å². The molecular formula is C26H36N2O7Si. The Morgan fingerprint density at radius 3 is 2.42 bits per heavy atom. The molecule has 0 aromatic heterocycles. The Morgan fingerprint density at radius 2 is 1.83 bits per heavy atom. The quantitative estimate of drug-likeness (QED) is 0.244. The molecule has 1 aromatic carbocycles. The molecule has 2 heterocycles. The van der Waals surface area contributed by atoms with Crippen LogP contribution in [0.15, 0.2) is 30.0 Å². The van der Waals surface area contributed by atoms with Crippen molar-refractivity contribution in [2.45, 2.75) is 65.9 Å². The van der Waals surface area contributed by atoms with E-state index in [1.807, 2.05) is 6.92 Å². The molecule has 196 valence electrons. The lowest BCUT2D eigenvalue weighted by atomic mass is 9.82. The molecule has 0 spiro atoms. The van der Waals surface area contributed by atoms with E-state index in [1.54, 1.807) is 52.1 Å². The van der Waals surface area contributed by atoms with Crippen LogP contribution in [-0.4, -0.2) is 63.0 Å². The molecule has 2 aliphatic rings. The molecule has 0 radical (unpaired) electrons. The standard InChI is InChI=1S/C26H36N2O7Si/c1-15(35-36(6,7)8)20-19-13-18(16-10-9-11-17(12-16)22(29)27-5)21(28(19)23(20)30)24(31)33-14-34-25(32)26(2,3)4/h9-12,15,19-20H,13-14H2,1-8H3,(H,27,29)/t15-,19-,20-/m1/s1. The Hall–Kier alpha value is -2.98. The number of benzene rings is 1. The highest BCUT2D eigenvalue weighted by atomic mass is 28.4.